The van der Waals surface area contributed by atoms with Gasteiger partial charge in [0.25, 0.3) is 0 Å². The summed E-state index contributed by atoms with van der Waals surface area (Å²) in [5.74, 6) is 2.00. The second kappa shape index (κ2) is 8.86. The number of rotatable bonds is 7. The van der Waals surface area contributed by atoms with Crippen molar-refractivity contribution < 1.29 is 9.59 Å². The van der Waals surface area contributed by atoms with Gasteiger partial charge in [-0.25, -0.2) is 0 Å². The molecule has 2 aliphatic carbocycles. The summed E-state index contributed by atoms with van der Waals surface area (Å²) >= 11 is 0. The molecule has 2 N–H and O–H groups in total. The molecule has 4 unspecified atom stereocenters. The highest BCUT2D eigenvalue weighted by atomic mass is 16.2. The minimum atomic E-state index is -0.105. The first-order valence-corrected chi connectivity index (χ1v) is 11.4. The molecule has 0 aromatic rings. The molecule has 0 spiro atoms. The minimum absolute atomic E-state index is 0.0277. The van der Waals surface area contributed by atoms with Crippen LogP contribution in [0.3, 0.4) is 0 Å². The molecule has 2 aliphatic heterocycles. The summed E-state index contributed by atoms with van der Waals surface area (Å²) in [4.78, 5) is 34.1. The first-order valence-electron chi connectivity index (χ1n) is 11.4. The number of aliphatic imine (C=N–C) groups is 1. The predicted molar refractivity (Wildman–Crippen MR) is 113 cm³/mol. The van der Waals surface area contributed by atoms with Crippen molar-refractivity contribution in [1.29, 1.82) is 0 Å². The third-order valence-corrected chi connectivity index (χ3v) is 7.10. The number of imide groups is 1. The normalized spacial score (nSPS) is 32.3. The van der Waals surface area contributed by atoms with Crippen molar-refractivity contribution >= 4 is 17.8 Å². The molecule has 0 aromatic carbocycles. The summed E-state index contributed by atoms with van der Waals surface area (Å²) in [5.41, 5.74) is 0. The molecule has 0 radical (unpaired) electrons. The van der Waals surface area contributed by atoms with Crippen LogP contribution in [0, 0.1) is 29.6 Å². The van der Waals surface area contributed by atoms with E-state index in [-0.39, 0.29) is 35.5 Å². The Labute approximate surface area is 174 Å². The van der Waals surface area contributed by atoms with Crippen LogP contribution >= 0.6 is 0 Å². The zero-order valence-corrected chi connectivity index (χ0v) is 17.8. The number of hydrogen-bond acceptors (Lipinski definition) is 4. The smallest absolute Gasteiger partial charge is 0.233 e. The van der Waals surface area contributed by atoms with Crippen molar-refractivity contribution in [1.82, 2.24) is 20.4 Å². The van der Waals surface area contributed by atoms with Gasteiger partial charge in [0.05, 0.1) is 18.4 Å². The summed E-state index contributed by atoms with van der Waals surface area (Å²) in [6.07, 6.45) is 7.81. The van der Waals surface area contributed by atoms with Gasteiger partial charge in [-0.05, 0) is 57.0 Å². The number of nitrogens with zero attached hydrogens (tertiary/aromatic N) is 3. The average Bonchev–Trinajstić information content (AvgIpc) is 3.39. The quantitative estimate of drug-likeness (QED) is 0.289. The van der Waals surface area contributed by atoms with Crippen molar-refractivity contribution in [3.63, 3.8) is 0 Å². The third-order valence-electron chi connectivity index (χ3n) is 7.10. The highest BCUT2D eigenvalue weighted by Gasteiger charge is 2.58. The fourth-order valence-electron chi connectivity index (χ4n) is 5.40. The first-order chi connectivity index (χ1) is 14.1. The van der Waals surface area contributed by atoms with E-state index >= 15 is 0 Å². The lowest BCUT2D eigenvalue weighted by Crippen LogP contribution is -2.44. The maximum Gasteiger partial charge on any atom is 0.233 e. The molecular formula is C22H35N5O2. The molecule has 29 heavy (non-hydrogen) atoms. The van der Waals surface area contributed by atoms with Crippen molar-refractivity contribution in [3.8, 4) is 0 Å². The number of fused-ring (bicyclic) bond motifs is 5. The van der Waals surface area contributed by atoms with Crippen LogP contribution in [0.5, 0.6) is 0 Å². The second-order valence-corrected chi connectivity index (χ2v) is 9.04. The van der Waals surface area contributed by atoms with E-state index in [1.54, 1.807) is 0 Å². The van der Waals surface area contributed by atoms with Gasteiger partial charge in [-0.15, -0.1) is 0 Å². The maximum atomic E-state index is 12.8. The van der Waals surface area contributed by atoms with Crippen molar-refractivity contribution in [3.05, 3.63) is 12.2 Å². The third kappa shape index (κ3) is 4.20. The van der Waals surface area contributed by atoms with Gasteiger partial charge >= 0.3 is 0 Å². The Bertz CT molecular complexity index is 653. The van der Waals surface area contributed by atoms with Gasteiger partial charge < -0.3 is 15.5 Å². The standard InChI is InChI=1S/C22H35N5O2/c1-3-23-22(24-8-12-26-10-6-15(2)7-11-26)25-9-13-27-20(28)18-16-4-5-17(14-16)19(18)21(27)29/h4-5,15-19H,3,6-14H2,1-2H3,(H2,23,24,25). The van der Waals surface area contributed by atoms with Gasteiger partial charge in [-0.1, -0.05) is 19.1 Å². The van der Waals surface area contributed by atoms with Crippen LogP contribution < -0.4 is 10.6 Å². The van der Waals surface area contributed by atoms with Gasteiger partial charge in [-0.2, -0.15) is 0 Å². The molecule has 3 fully saturated rings. The van der Waals surface area contributed by atoms with Gasteiger partial charge in [0, 0.05) is 26.2 Å². The monoisotopic (exact) mass is 401 g/mol. The van der Waals surface area contributed by atoms with E-state index in [0.717, 1.165) is 37.9 Å². The van der Waals surface area contributed by atoms with Crippen LogP contribution in [0.1, 0.15) is 33.1 Å². The molecule has 2 amide bonds. The number of carbonyl (C=O) groups excluding carboxylic acids is 2. The Morgan fingerprint density at radius 3 is 2.34 bits per heavy atom. The van der Waals surface area contributed by atoms with Crippen LogP contribution in [-0.2, 0) is 9.59 Å². The molecule has 1 saturated carbocycles. The number of guanidine groups is 1. The van der Waals surface area contributed by atoms with Gasteiger partial charge in [0.2, 0.25) is 11.8 Å². The summed E-state index contributed by atoms with van der Waals surface area (Å²) < 4.78 is 0. The molecule has 4 atom stereocenters. The summed E-state index contributed by atoms with van der Waals surface area (Å²) in [7, 11) is 0. The lowest BCUT2D eigenvalue weighted by atomic mass is 9.85. The lowest BCUT2D eigenvalue weighted by molar-refractivity contribution is -0.140. The van der Waals surface area contributed by atoms with E-state index in [1.807, 2.05) is 6.92 Å². The SMILES string of the molecule is CCNC(=NCCN1CCC(C)CC1)NCCN1C(=O)C2C3C=CC(C3)C2C1=O. The Hall–Kier alpha value is -1.89. The number of nitrogens with one attached hydrogen (secondary N) is 2. The minimum Gasteiger partial charge on any atom is -0.357 e. The first kappa shape index (κ1) is 20.4. The largest absolute Gasteiger partial charge is 0.357 e. The summed E-state index contributed by atoms with van der Waals surface area (Å²) in [6, 6.07) is 0. The highest BCUT2D eigenvalue weighted by Crippen LogP contribution is 2.52. The highest BCUT2D eigenvalue weighted by molar-refractivity contribution is 6.06. The van der Waals surface area contributed by atoms with E-state index in [0.29, 0.717) is 13.1 Å². The second-order valence-electron chi connectivity index (χ2n) is 9.04. The molecule has 2 heterocycles. The van der Waals surface area contributed by atoms with E-state index in [2.05, 4.69) is 39.6 Å². The van der Waals surface area contributed by atoms with E-state index in [4.69, 9.17) is 0 Å². The van der Waals surface area contributed by atoms with Crippen LogP contribution in [0.25, 0.3) is 0 Å². The van der Waals surface area contributed by atoms with Crippen molar-refractivity contribution in [2.45, 2.75) is 33.1 Å². The Balaban J connectivity index is 1.23. The fraction of sp³-hybridized carbons (Fsp3) is 0.773. The molecule has 4 aliphatic rings. The van der Waals surface area contributed by atoms with Gasteiger partial charge in [0.15, 0.2) is 5.96 Å². The van der Waals surface area contributed by atoms with E-state index in [1.165, 1.54) is 30.8 Å². The van der Waals surface area contributed by atoms with Crippen LogP contribution in [0.15, 0.2) is 17.1 Å². The van der Waals surface area contributed by atoms with Crippen molar-refractivity contribution in [2.75, 3.05) is 45.8 Å². The molecule has 2 saturated heterocycles. The number of likely N-dealkylation sites (tertiary alicyclic amines) is 2. The Morgan fingerprint density at radius 1 is 1.07 bits per heavy atom. The molecular weight excluding hydrogens is 366 g/mol. The van der Waals surface area contributed by atoms with Crippen LogP contribution in [0.4, 0.5) is 0 Å². The molecule has 0 aromatic heterocycles. The molecule has 2 bridgehead atoms. The summed E-state index contributed by atoms with van der Waals surface area (Å²) in [6.45, 7) is 10.2. The fourth-order valence-corrected chi connectivity index (χ4v) is 5.40. The average molecular weight is 402 g/mol. The van der Waals surface area contributed by atoms with E-state index < -0.39 is 0 Å². The van der Waals surface area contributed by atoms with Gasteiger partial charge in [-0.3, -0.25) is 19.5 Å². The molecule has 4 rings (SSSR count). The summed E-state index contributed by atoms with van der Waals surface area (Å²) in [5, 5.41) is 6.56. The zero-order chi connectivity index (χ0) is 20.4. The van der Waals surface area contributed by atoms with Crippen LogP contribution in [0.2, 0.25) is 0 Å². The maximum absolute atomic E-state index is 12.8. The molecule has 7 nitrogen and oxygen atoms in total. The topological polar surface area (TPSA) is 77.0 Å². The van der Waals surface area contributed by atoms with Gasteiger partial charge in [0.1, 0.15) is 0 Å². The predicted octanol–water partition coefficient (Wildman–Crippen LogP) is 1.08. The Morgan fingerprint density at radius 2 is 1.72 bits per heavy atom. The molecule has 160 valence electrons. The Kier molecular flexibility index (Phi) is 6.23. The van der Waals surface area contributed by atoms with E-state index in [9.17, 15) is 9.59 Å². The zero-order valence-electron chi connectivity index (χ0n) is 17.8. The lowest BCUT2D eigenvalue weighted by Gasteiger charge is -2.29. The number of carbonyl (C=O) groups is 2. The molecule has 7 heteroatoms. The number of allylic oxidation sites excluding steroid dienone is 2. The van der Waals surface area contributed by atoms with Crippen LogP contribution in [-0.4, -0.2) is 73.4 Å². The van der Waals surface area contributed by atoms with Crippen molar-refractivity contribution in [2.24, 2.45) is 34.6 Å². The number of hydrogen-bond donors (Lipinski definition) is 2. The number of piperidine rings is 1. The number of amides is 2.